The Morgan fingerprint density at radius 1 is 1.17 bits per heavy atom. The molecule has 0 unspecified atom stereocenters. The fraction of sp³-hybridized carbons (Fsp3) is 0.222. The lowest BCUT2D eigenvalue weighted by molar-refractivity contribution is -0.127. The Kier molecular flexibility index (Phi) is 5.08. The Labute approximate surface area is 139 Å². The van der Waals surface area contributed by atoms with Crippen molar-refractivity contribution >= 4 is 23.4 Å². The Morgan fingerprint density at radius 3 is 2.78 bits per heavy atom. The number of halogens is 1. The van der Waals surface area contributed by atoms with Crippen LogP contribution in [-0.4, -0.2) is 28.9 Å². The van der Waals surface area contributed by atoms with E-state index in [0.29, 0.717) is 18.1 Å². The molecule has 0 saturated heterocycles. The summed E-state index contributed by atoms with van der Waals surface area (Å²) in [5.41, 5.74) is 2.90. The molecule has 1 aliphatic rings. The van der Waals surface area contributed by atoms with Gasteiger partial charge in [0.15, 0.2) is 0 Å². The van der Waals surface area contributed by atoms with Crippen molar-refractivity contribution in [3.63, 3.8) is 0 Å². The lowest BCUT2D eigenvalue weighted by Crippen LogP contribution is -2.25. The van der Waals surface area contributed by atoms with E-state index in [1.165, 1.54) is 23.9 Å². The third kappa shape index (κ3) is 4.20. The number of hydrazone groups is 1. The molecule has 0 N–H and O–H groups in total. The monoisotopic (exact) mass is 328 g/mol. The van der Waals surface area contributed by atoms with E-state index in [1.54, 1.807) is 11.1 Å². The van der Waals surface area contributed by atoms with Gasteiger partial charge in [-0.05, 0) is 23.3 Å². The Bertz CT molecular complexity index is 718. The van der Waals surface area contributed by atoms with Crippen LogP contribution in [-0.2, 0) is 10.5 Å². The second-order valence-corrected chi connectivity index (χ2v) is 6.29. The van der Waals surface area contributed by atoms with E-state index in [9.17, 15) is 9.18 Å². The van der Waals surface area contributed by atoms with Crippen molar-refractivity contribution in [1.29, 1.82) is 0 Å². The predicted molar refractivity (Wildman–Crippen MR) is 91.9 cm³/mol. The van der Waals surface area contributed by atoms with E-state index in [0.717, 1.165) is 23.3 Å². The molecule has 1 amide bonds. The van der Waals surface area contributed by atoms with Gasteiger partial charge in [0.25, 0.3) is 5.91 Å². The summed E-state index contributed by atoms with van der Waals surface area (Å²) in [4.78, 5) is 12.2. The molecule has 0 bridgehead atoms. The molecule has 0 spiro atoms. The van der Waals surface area contributed by atoms with Gasteiger partial charge >= 0.3 is 0 Å². The van der Waals surface area contributed by atoms with Crippen LogP contribution in [0.2, 0.25) is 0 Å². The minimum absolute atomic E-state index is 0.00247. The van der Waals surface area contributed by atoms with Gasteiger partial charge in [0.2, 0.25) is 0 Å². The van der Waals surface area contributed by atoms with E-state index in [-0.39, 0.29) is 11.7 Å². The molecule has 0 aliphatic carbocycles. The summed E-state index contributed by atoms with van der Waals surface area (Å²) in [6.07, 6.45) is 0.782. The van der Waals surface area contributed by atoms with Gasteiger partial charge in [-0.2, -0.15) is 5.10 Å². The maximum Gasteiger partial charge on any atom is 0.252 e. The van der Waals surface area contributed by atoms with Gasteiger partial charge in [-0.15, -0.1) is 11.8 Å². The standard InChI is InChI=1S/C18H17FN2OS/c19-16-8-4-5-14(11-16)12-23-13-18(22)21-10-9-17(20-21)15-6-2-1-3-7-15/h1-8,11H,9-10,12-13H2. The molecule has 0 atom stereocenters. The summed E-state index contributed by atoms with van der Waals surface area (Å²) in [5, 5.41) is 5.97. The molecule has 3 rings (SSSR count). The quantitative estimate of drug-likeness (QED) is 0.838. The van der Waals surface area contributed by atoms with Crippen molar-refractivity contribution in [3.05, 3.63) is 71.5 Å². The molecule has 2 aromatic rings. The molecule has 5 heteroatoms. The number of nitrogens with zero attached hydrogens (tertiary/aromatic N) is 2. The molecule has 0 radical (unpaired) electrons. The van der Waals surface area contributed by atoms with Gasteiger partial charge in [0.1, 0.15) is 5.82 Å². The third-order valence-electron chi connectivity index (χ3n) is 3.58. The predicted octanol–water partition coefficient (Wildman–Crippen LogP) is 3.70. The van der Waals surface area contributed by atoms with E-state index < -0.39 is 0 Å². The van der Waals surface area contributed by atoms with Crippen LogP contribution in [0.4, 0.5) is 4.39 Å². The van der Waals surface area contributed by atoms with Crippen LogP contribution in [0, 0.1) is 5.82 Å². The largest absolute Gasteiger partial charge is 0.272 e. The highest BCUT2D eigenvalue weighted by Gasteiger charge is 2.21. The Hall–Kier alpha value is -2.14. The Balaban J connectivity index is 1.52. The first kappa shape index (κ1) is 15.7. The van der Waals surface area contributed by atoms with Crippen LogP contribution in [0.5, 0.6) is 0 Å². The number of carbonyl (C=O) groups excluding carboxylic acids is 1. The number of hydrogen-bond donors (Lipinski definition) is 0. The Morgan fingerprint density at radius 2 is 2.00 bits per heavy atom. The van der Waals surface area contributed by atoms with Crippen LogP contribution < -0.4 is 0 Å². The minimum atomic E-state index is -0.244. The number of thioether (sulfide) groups is 1. The number of rotatable bonds is 5. The first-order valence-electron chi connectivity index (χ1n) is 7.48. The van der Waals surface area contributed by atoms with E-state index in [1.807, 2.05) is 36.4 Å². The molecule has 118 valence electrons. The summed E-state index contributed by atoms with van der Waals surface area (Å²) in [5.74, 6) is 0.720. The highest BCUT2D eigenvalue weighted by molar-refractivity contribution is 7.99. The molecule has 0 aromatic heterocycles. The van der Waals surface area contributed by atoms with Crippen molar-refractivity contribution in [2.24, 2.45) is 5.10 Å². The number of amides is 1. The molecule has 0 fully saturated rings. The smallest absolute Gasteiger partial charge is 0.252 e. The summed E-state index contributed by atoms with van der Waals surface area (Å²) in [7, 11) is 0. The lowest BCUT2D eigenvalue weighted by Gasteiger charge is -2.10. The van der Waals surface area contributed by atoms with E-state index in [4.69, 9.17) is 0 Å². The molecule has 0 saturated carbocycles. The van der Waals surface area contributed by atoms with Gasteiger partial charge in [-0.1, -0.05) is 42.5 Å². The summed E-state index contributed by atoms with van der Waals surface area (Å²) in [6.45, 7) is 0.629. The summed E-state index contributed by atoms with van der Waals surface area (Å²) < 4.78 is 13.1. The average molecular weight is 328 g/mol. The second kappa shape index (κ2) is 7.42. The van der Waals surface area contributed by atoms with Crippen LogP contribution in [0.15, 0.2) is 59.7 Å². The van der Waals surface area contributed by atoms with Crippen LogP contribution in [0.25, 0.3) is 0 Å². The molecule has 1 aliphatic heterocycles. The van der Waals surface area contributed by atoms with Crippen molar-refractivity contribution in [2.45, 2.75) is 12.2 Å². The fourth-order valence-electron chi connectivity index (χ4n) is 2.43. The normalized spacial score (nSPS) is 14.0. The van der Waals surface area contributed by atoms with E-state index in [2.05, 4.69) is 5.10 Å². The van der Waals surface area contributed by atoms with Crippen molar-refractivity contribution in [1.82, 2.24) is 5.01 Å². The molecule has 2 aromatic carbocycles. The molecular weight excluding hydrogens is 311 g/mol. The second-order valence-electron chi connectivity index (χ2n) is 5.30. The van der Waals surface area contributed by atoms with E-state index >= 15 is 0 Å². The van der Waals surface area contributed by atoms with Crippen LogP contribution in [0.3, 0.4) is 0 Å². The van der Waals surface area contributed by atoms with Crippen molar-refractivity contribution < 1.29 is 9.18 Å². The van der Waals surface area contributed by atoms with Crippen LogP contribution >= 0.6 is 11.8 Å². The zero-order chi connectivity index (χ0) is 16.1. The van der Waals surface area contributed by atoms with Gasteiger partial charge in [0.05, 0.1) is 18.0 Å². The van der Waals surface area contributed by atoms with Gasteiger partial charge in [-0.3, -0.25) is 4.79 Å². The zero-order valence-corrected chi connectivity index (χ0v) is 13.4. The third-order valence-corrected chi connectivity index (χ3v) is 4.57. The number of carbonyl (C=O) groups is 1. The zero-order valence-electron chi connectivity index (χ0n) is 12.6. The number of hydrogen-bond acceptors (Lipinski definition) is 3. The summed E-state index contributed by atoms with van der Waals surface area (Å²) >= 11 is 1.48. The fourth-order valence-corrected chi connectivity index (χ4v) is 3.27. The van der Waals surface area contributed by atoms with Crippen molar-refractivity contribution in [3.8, 4) is 0 Å². The van der Waals surface area contributed by atoms with Crippen molar-refractivity contribution in [2.75, 3.05) is 12.3 Å². The highest BCUT2D eigenvalue weighted by atomic mass is 32.2. The first-order chi connectivity index (χ1) is 11.2. The van der Waals surface area contributed by atoms with Gasteiger partial charge < -0.3 is 0 Å². The molecule has 3 nitrogen and oxygen atoms in total. The number of benzene rings is 2. The topological polar surface area (TPSA) is 32.7 Å². The molecular formula is C18H17FN2OS. The summed E-state index contributed by atoms with van der Waals surface area (Å²) in [6, 6.07) is 16.4. The maximum absolute atomic E-state index is 13.1. The minimum Gasteiger partial charge on any atom is -0.272 e. The SMILES string of the molecule is O=C(CSCc1cccc(F)c1)N1CCC(c2ccccc2)=N1. The van der Waals surface area contributed by atoms with Crippen LogP contribution in [0.1, 0.15) is 17.5 Å². The molecule has 23 heavy (non-hydrogen) atoms. The first-order valence-corrected chi connectivity index (χ1v) is 8.63. The highest BCUT2D eigenvalue weighted by Crippen LogP contribution is 2.17. The van der Waals surface area contributed by atoms with Gasteiger partial charge in [-0.25, -0.2) is 9.40 Å². The average Bonchev–Trinajstić information content (AvgIpc) is 3.06. The molecule has 1 heterocycles. The van der Waals surface area contributed by atoms with Gasteiger partial charge in [0, 0.05) is 12.2 Å². The lowest BCUT2D eigenvalue weighted by atomic mass is 10.1. The maximum atomic E-state index is 13.1.